The molecule has 1 aromatic carbocycles. The molecule has 1 unspecified atom stereocenters. The summed E-state index contributed by atoms with van der Waals surface area (Å²) in [6, 6.07) is 3.84. The van der Waals surface area contributed by atoms with E-state index in [2.05, 4.69) is 5.32 Å². The Morgan fingerprint density at radius 3 is 3.00 bits per heavy atom. The zero-order valence-corrected chi connectivity index (χ0v) is 10.5. The van der Waals surface area contributed by atoms with Gasteiger partial charge in [-0.15, -0.1) is 0 Å². The number of aliphatic hydroxyl groups excluding tert-OH is 1. The molecule has 18 heavy (non-hydrogen) atoms. The first-order chi connectivity index (χ1) is 8.60. The maximum atomic E-state index is 13.2. The quantitative estimate of drug-likeness (QED) is 0.868. The molecule has 4 nitrogen and oxygen atoms in total. The smallest absolute Gasteiger partial charge is 0.321 e. The number of carbonyl (C=O) groups is 1. The number of anilines is 1. The van der Waals surface area contributed by atoms with Gasteiger partial charge in [0, 0.05) is 31.3 Å². The number of carbonyl (C=O) groups excluding carboxylic acids is 1. The van der Waals surface area contributed by atoms with Crippen molar-refractivity contribution in [1.29, 1.82) is 0 Å². The first-order valence-electron chi connectivity index (χ1n) is 5.72. The molecule has 6 heteroatoms. The van der Waals surface area contributed by atoms with Crippen LogP contribution in [-0.4, -0.2) is 35.7 Å². The third-order valence-electron chi connectivity index (χ3n) is 3.00. The zero-order valence-electron chi connectivity index (χ0n) is 9.70. The number of benzene rings is 1. The number of rotatable bonds is 2. The lowest BCUT2D eigenvalue weighted by Gasteiger charge is -2.17. The monoisotopic (exact) mass is 272 g/mol. The van der Waals surface area contributed by atoms with Crippen LogP contribution >= 0.6 is 11.6 Å². The molecular weight excluding hydrogens is 259 g/mol. The lowest BCUT2D eigenvalue weighted by Crippen LogP contribution is -2.33. The molecule has 0 spiro atoms. The standard InChI is InChI=1S/C12H14ClFN2O2/c13-10-2-1-9(5-11(10)14)15-12(18)16-4-3-8(6-16)7-17/h1-2,5,8,17H,3-4,6-7H2,(H,15,18). The van der Waals surface area contributed by atoms with Gasteiger partial charge in [-0.2, -0.15) is 0 Å². The third kappa shape index (κ3) is 2.91. The maximum absolute atomic E-state index is 13.2. The van der Waals surface area contributed by atoms with Crippen LogP contribution < -0.4 is 5.32 Å². The van der Waals surface area contributed by atoms with Gasteiger partial charge >= 0.3 is 6.03 Å². The minimum atomic E-state index is -0.566. The number of hydrogen-bond donors (Lipinski definition) is 2. The molecule has 0 aliphatic carbocycles. The molecule has 1 saturated heterocycles. The van der Waals surface area contributed by atoms with Gasteiger partial charge in [-0.05, 0) is 24.6 Å². The molecule has 1 atom stereocenters. The van der Waals surface area contributed by atoms with Crippen molar-refractivity contribution >= 4 is 23.3 Å². The highest BCUT2D eigenvalue weighted by Crippen LogP contribution is 2.20. The summed E-state index contributed by atoms with van der Waals surface area (Å²) in [7, 11) is 0. The number of aliphatic hydroxyl groups is 1. The van der Waals surface area contributed by atoms with E-state index in [0.717, 1.165) is 6.42 Å². The summed E-state index contributed by atoms with van der Waals surface area (Å²) in [5, 5.41) is 11.6. The number of halogens is 2. The highest BCUT2D eigenvalue weighted by Gasteiger charge is 2.25. The van der Waals surface area contributed by atoms with Gasteiger partial charge in [0.05, 0.1) is 5.02 Å². The van der Waals surface area contributed by atoms with Gasteiger partial charge in [0.2, 0.25) is 0 Å². The second-order valence-corrected chi connectivity index (χ2v) is 4.75. The van der Waals surface area contributed by atoms with E-state index in [1.807, 2.05) is 0 Å². The lowest BCUT2D eigenvalue weighted by atomic mass is 10.1. The molecule has 0 saturated carbocycles. The van der Waals surface area contributed by atoms with E-state index >= 15 is 0 Å². The molecule has 2 rings (SSSR count). The highest BCUT2D eigenvalue weighted by molar-refractivity contribution is 6.30. The fraction of sp³-hybridized carbons (Fsp3) is 0.417. The van der Waals surface area contributed by atoms with Gasteiger partial charge < -0.3 is 15.3 Å². The van der Waals surface area contributed by atoms with E-state index < -0.39 is 5.82 Å². The third-order valence-corrected chi connectivity index (χ3v) is 3.31. The second kappa shape index (κ2) is 5.54. The molecule has 0 radical (unpaired) electrons. The fourth-order valence-electron chi connectivity index (χ4n) is 1.94. The predicted octanol–water partition coefficient (Wildman–Crippen LogP) is 2.33. The molecule has 1 fully saturated rings. The summed E-state index contributed by atoms with van der Waals surface area (Å²) >= 11 is 5.56. The minimum absolute atomic E-state index is 0.0227. The molecule has 0 aromatic heterocycles. The lowest BCUT2D eigenvalue weighted by molar-refractivity contribution is 0.209. The zero-order chi connectivity index (χ0) is 13.1. The van der Waals surface area contributed by atoms with Gasteiger partial charge in [0.15, 0.2) is 0 Å². The van der Waals surface area contributed by atoms with E-state index in [1.165, 1.54) is 12.1 Å². The van der Waals surface area contributed by atoms with Crippen LogP contribution in [0.15, 0.2) is 18.2 Å². The Balaban J connectivity index is 1.97. The Morgan fingerprint density at radius 1 is 1.61 bits per heavy atom. The van der Waals surface area contributed by atoms with Crippen LogP contribution in [0.3, 0.4) is 0 Å². The summed E-state index contributed by atoms with van der Waals surface area (Å²) < 4.78 is 13.2. The summed E-state index contributed by atoms with van der Waals surface area (Å²) in [6.07, 6.45) is 0.791. The van der Waals surface area contributed by atoms with Crippen molar-refractivity contribution in [2.45, 2.75) is 6.42 Å². The average molecular weight is 273 g/mol. The normalized spacial score (nSPS) is 19.1. The van der Waals surface area contributed by atoms with Crippen LogP contribution in [0.25, 0.3) is 0 Å². The van der Waals surface area contributed by atoms with Crippen LogP contribution in [-0.2, 0) is 0 Å². The van der Waals surface area contributed by atoms with Crippen molar-refractivity contribution in [2.24, 2.45) is 5.92 Å². The number of amides is 2. The van der Waals surface area contributed by atoms with Crippen molar-refractivity contribution in [3.63, 3.8) is 0 Å². The first-order valence-corrected chi connectivity index (χ1v) is 6.10. The van der Waals surface area contributed by atoms with Crippen LogP contribution in [0.4, 0.5) is 14.9 Å². The first kappa shape index (κ1) is 13.1. The molecule has 98 valence electrons. The van der Waals surface area contributed by atoms with Crippen molar-refractivity contribution in [1.82, 2.24) is 4.90 Å². The van der Waals surface area contributed by atoms with Gasteiger partial charge in [0.25, 0.3) is 0 Å². The molecule has 2 amide bonds. The number of nitrogens with one attached hydrogen (secondary N) is 1. The van der Waals surface area contributed by atoms with Gasteiger partial charge in [-0.25, -0.2) is 9.18 Å². The minimum Gasteiger partial charge on any atom is -0.396 e. The largest absolute Gasteiger partial charge is 0.396 e. The number of hydrogen-bond acceptors (Lipinski definition) is 2. The van der Waals surface area contributed by atoms with E-state index in [9.17, 15) is 9.18 Å². The van der Waals surface area contributed by atoms with Crippen LogP contribution in [0.1, 0.15) is 6.42 Å². The van der Waals surface area contributed by atoms with Gasteiger partial charge in [-0.1, -0.05) is 11.6 Å². The maximum Gasteiger partial charge on any atom is 0.321 e. The molecule has 1 aliphatic heterocycles. The van der Waals surface area contributed by atoms with Crippen molar-refractivity contribution in [2.75, 3.05) is 25.0 Å². The van der Waals surface area contributed by atoms with Crippen molar-refractivity contribution in [3.05, 3.63) is 29.0 Å². The highest BCUT2D eigenvalue weighted by atomic mass is 35.5. The van der Waals surface area contributed by atoms with Crippen LogP contribution in [0.2, 0.25) is 5.02 Å². The SMILES string of the molecule is O=C(Nc1ccc(Cl)c(F)c1)N1CCC(CO)C1. The summed E-state index contributed by atoms with van der Waals surface area (Å²) in [4.78, 5) is 13.5. The van der Waals surface area contributed by atoms with Crippen LogP contribution in [0, 0.1) is 11.7 Å². The van der Waals surface area contributed by atoms with Crippen molar-refractivity contribution in [3.8, 4) is 0 Å². The summed E-state index contributed by atoms with van der Waals surface area (Å²) in [6.45, 7) is 1.21. The summed E-state index contributed by atoms with van der Waals surface area (Å²) in [5.74, 6) is -0.429. The number of nitrogens with zero attached hydrogens (tertiary/aromatic N) is 1. The second-order valence-electron chi connectivity index (χ2n) is 4.34. The molecule has 1 aliphatic rings. The van der Waals surface area contributed by atoms with E-state index in [4.69, 9.17) is 16.7 Å². The Labute approximate surface area is 109 Å². The Hall–Kier alpha value is -1.33. The Kier molecular flexibility index (Phi) is 4.04. The number of urea groups is 1. The summed E-state index contributed by atoms with van der Waals surface area (Å²) in [5.41, 5.74) is 0.370. The topological polar surface area (TPSA) is 52.6 Å². The van der Waals surface area contributed by atoms with Crippen molar-refractivity contribution < 1.29 is 14.3 Å². The van der Waals surface area contributed by atoms with Gasteiger partial charge in [-0.3, -0.25) is 0 Å². The molecule has 2 N–H and O–H groups in total. The van der Waals surface area contributed by atoms with Gasteiger partial charge in [0.1, 0.15) is 5.82 Å². The Bertz CT molecular complexity index is 456. The van der Waals surface area contributed by atoms with E-state index in [-0.39, 0.29) is 23.6 Å². The molecular formula is C12H14ClFN2O2. The van der Waals surface area contributed by atoms with E-state index in [1.54, 1.807) is 11.0 Å². The predicted molar refractivity (Wildman–Crippen MR) is 67.2 cm³/mol. The van der Waals surface area contributed by atoms with Crippen LogP contribution in [0.5, 0.6) is 0 Å². The molecule has 0 bridgehead atoms. The molecule has 1 heterocycles. The fourth-order valence-corrected chi connectivity index (χ4v) is 2.06. The number of likely N-dealkylation sites (tertiary alicyclic amines) is 1. The Morgan fingerprint density at radius 2 is 2.39 bits per heavy atom. The molecule has 1 aromatic rings. The average Bonchev–Trinajstić information content (AvgIpc) is 2.82. The van der Waals surface area contributed by atoms with E-state index in [0.29, 0.717) is 18.8 Å².